The Bertz CT molecular complexity index is 470. The molecule has 2 rings (SSSR count). The van der Waals surface area contributed by atoms with Crippen LogP contribution in [0.15, 0.2) is 24.3 Å². The number of carbonyl (C=O) groups excluding carboxylic acids is 1. The predicted octanol–water partition coefficient (Wildman–Crippen LogP) is 2.71. The molecular weight excluding hydrogens is 285 g/mol. The van der Waals surface area contributed by atoms with Crippen molar-refractivity contribution in [1.82, 2.24) is 5.32 Å². The van der Waals surface area contributed by atoms with Crippen LogP contribution in [0.25, 0.3) is 0 Å². The first-order valence-electron chi connectivity index (χ1n) is 6.75. The number of nitrogens with one attached hydrogen (secondary N) is 2. The van der Waals surface area contributed by atoms with Crippen LogP contribution >= 0.6 is 0 Å². The van der Waals surface area contributed by atoms with Crippen LogP contribution in [0.3, 0.4) is 0 Å². The van der Waals surface area contributed by atoms with Gasteiger partial charge in [0.2, 0.25) is 5.91 Å². The molecule has 0 spiro atoms. The Balaban J connectivity index is 1.71. The average Bonchev–Trinajstić information content (AvgIpc) is 3.21. The summed E-state index contributed by atoms with van der Waals surface area (Å²) in [6, 6.07) is 6.37. The Kier molecular flexibility index (Phi) is 5.06. The molecule has 1 aromatic rings. The van der Waals surface area contributed by atoms with Gasteiger partial charge in [0, 0.05) is 24.7 Å². The number of hydrogen-bond acceptors (Lipinski definition) is 3. The van der Waals surface area contributed by atoms with Gasteiger partial charge >= 0.3 is 6.18 Å². The third-order valence-corrected chi connectivity index (χ3v) is 2.90. The second-order valence-corrected chi connectivity index (χ2v) is 4.95. The van der Waals surface area contributed by atoms with Crippen molar-refractivity contribution in [1.29, 1.82) is 0 Å². The number of hydrogen-bond donors (Lipinski definition) is 2. The maximum absolute atomic E-state index is 12.0. The summed E-state index contributed by atoms with van der Waals surface area (Å²) in [5.41, 5.74) is 0.533. The van der Waals surface area contributed by atoms with E-state index in [4.69, 9.17) is 0 Å². The van der Waals surface area contributed by atoms with Gasteiger partial charge < -0.3 is 15.4 Å². The van der Waals surface area contributed by atoms with Crippen molar-refractivity contribution in [2.45, 2.75) is 31.5 Å². The predicted molar refractivity (Wildman–Crippen MR) is 72.3 cm³/mol. The number of amides is 1. The lowest BCUT2D eigenvalue weighted by atomic mass is 10.3. The Hall–Kier alpha value is -1.76. The number of rotatable bonds is 7. The molecule has 1 fully saturated rings. The van der Waals surface area contributed by atoms with Crippen molar-refractivity contribution in [3.63, 3.8) is 0 Å². The van der Waals surface area contributed by atoms with Crippen molar-refractivity contribution < 1.29 is 22.7 Å². The number of halogens is 3. The maximum Gasteiger partial charge on any atom is 0.422 e. The Morgan fingerprint density at radius 3 is 2.48 bits per heavy atom. The molecule has 21 heavy (non-hydrogen) atoms. The normalized spacial score (nSPS) is 14.8. The van der Waals surface area contributed by atoms with Crippen LogP contribution in [-0.2, 0) is 4.79 Å². The molecule has 116 valence electrons. The highest BCUT2D eigenvalue weighted by Crippen LogP contribution is 2.20. The van der Waals surface area contributed by atoms with Gasteiger partial charge in [0.1, 0.15) is 5.75 Å². The number of carbonyl (C=O) groups is 1. The van der Waals surface area contributed by atoms with Crippen LogP contribution in [0.1, 0.15) is 19.3 Å². The van der Waals surface area contributed by atoms with Crippen LogP contribution in [-0.4, -0.2) is 31.3 Å². The highest BCUT2D eigenvalue weighted by Gasteiger charge is 2.28. The minimum Gasteiger partial charge on any atom is -0.484 e. The molecule has 0 unspecified atom stereocenters. The lowest BCUT2D eigenvalue weighted by molar-refractivity contribution is -0.153. The van der Waals surface area contributed by atoms with Crippen LogP contribution in [0, 0.1) is 0 Å². The molecule has 1 aliphatic rings. The number of anilines is 1. The number of ether oxygens (including phenoxy) is 1. The zero-order chi connectivity index (χ0) is 15.3. The third-order valence-electron chi connectivity index (χ3n) is 2.90. The zero-order valence-corrected chi connectivity index (χ0v) is 11.4. The van der Waals surface area contributed by atoms with E-state index >= 15 is 0 Å². The first kappa shape index (κ1) is 15.6. The quantitative estimate of drug-likeness (QED) is 0.814. The lowest BCUT2D eigenvalue weighted by Gasteiger charge is -2.10. The fourth-order valence-electron chi connectivity index (χ4n) is 1.70. The second kappa shape index (κ2) is 6.80. The number of benzene rings is 1. The van der Waals surface area contributed by atoms with Crippen LogP contribution in [0.5, 0.6) is 5.75 Å². The van der Waals surface area contributed by atoms with E-state index in [1.54, 1.807) is 0 Å². The summed E-state index contributed by atoms with van der Waals surface area (Å²) >= 11 is 0. The largest absolute Gasteiger partial charge is 0.484 e. The SMILES string of the molecule is O=C(CCNC1CC1)Nc1ccc(OCC(F)(F)F)cc1. The van der Waals surface area contributed by atoms with E-state index in [0.29, 0.717) is 24.7 Å². The Morgan fingerprint density at radius 2 is 1.90 bits per heavy atom. The van der Waals surface area contributed by atoms with Crippen molar-refractivity contribution >= 4 is 11.6 Å². The molecule has 0 bridgehead atoms. The fourth-order valence-corrected chi connectivity index (χ4v) is 1.70. The van der Waals surface area contributed by atoms with E-state index in [9.17, 15) is 18.0 Å². The van der Waals surface area contributed by atoms with Gasteiger partial charge in [-0.15, -0.1) is 0 Å². The van der Waals surface area contributed by atoms with Gasteiger partial charge in [0.25, 0.3) is 0 Å². The third kappa shape index (κ3) is 6.48. The first-order valence-corrected chi connectivity index (χ1v) is 6.75. The van der Waals surface area contributed by atoms with E-state index in [0.717, 1.165) is 0 Å². The summed E-state index contributed by atoms with van der Waals surface area (Å²) in [6.07, 6.45) is -1.66. The Morgan fingerprint density at radius 1 is 1.24 bits per heavy atom. The van der Waals surface area contributed by atoms with Gasteiger partial charge in [-0.05, 0) is 37.1 Å². The molecule has 1 aromatic carbocycles. The molecule has 1 saturated carbocycles. The van der Waals surface area contributed by atoms with E-state index in [-0.39, 0.29) is 11.7 Å². The smallest absolute Gasteiger partial charge is 0.422 e. The summed E-state index contributed by atoms with van der Waals surface area (Å²) in [5, 5.41) is 5.90. The summed E-state index contributed by atoms with van der Waals surface area (Å²) < 4.78 is 40.5. The second-order valence-electron chi connectivity index (χ2n) is 4.95. The molecule has 0 heterocycles. The van der Waals surface area contributed by atoms with Crippen molar-refractivity contribution in [3.05, 3.63) is 24.3 Å². The van der Waals surface area contributed by atoms with Crippen LogP contribution < -0.4 is 15.4 Å². The maximum atomic E-state index is 12.0. The van der Waals surface area contributed by atoms with Gasteiger partial charge in [-0.3, -0.25) is 4.79 Å². The zero-order valence-electron chi connectivity index (χ0n) is 11.4. The van der Waals surface area contributed by atoms with Gasteiger partial charge in [-0.25, -0.2) is 0 Å². The molecule has 0 aromatic heterocycles. The van der Waals surface area contributed by atoms with Gasteiger partial charge in [0.05, 0.1) is 0 Å². The molecule has 4 nitrogen and oxygen atoms in total. The Labute approximate surface area is 120 Å². The van der Waals surface area contributed by atoms with Crippen molar-refractivity contribution in [3.8, 4) is 5.75 Å². The van der Waals surface area contributed by atoms with E-state index in [2.05, 4.69) is 15.4 Å². The molecule has 0 saturated heterocycles. The summed E-state index contributed by atoms with van der Waals surface area (Å²) in [6.45, 7) is -0.700. The van der Waals surface area contributed by atoms with E-state index < -0.39 is 12.8 Å². The molecule has 1 amide bonds. The first-order chi connectivity index (χ1) is 9.92. The molecule has 0 aliphatic heterocycles. The van der Waals surface area contributed by atoms with Crippen molar-refractivity contribution in [2.24, 2.45) is 0 Å². The molecule has 2 N–H and O–H groups in total. The van der Waals surface area contributed by atoms with E-state index in [1.165, 1.54) is 37.1 Å². The molecular formula is C14H17F3N2O2. The highest BCUT2D eigenvalue weighted by molar-refractivity contribution is 5.90. The molecule has 0 radical (unpaired) electrons. The topological polar surface area (TPSA) is 50.4 Å². The minimum atomic E-state index is -4.36. The van der Waals surface area contributed by atoms with Gasteiger partial charge in [-0.1, -0.05) is 0 Å². The summed E-state index contributed by atoms with van der Waals surface area (Å²) in [7, 11) is 0. The van der Waals surface area contributed by atoms with E-state index in [1.807, 2.05) is 0 Å². The summed E-state index contributed by atoms with van der Waals surface area (Å²) in [4.78, 5) is 11.6. The van der Waals surface area contributed by atoms with Crippen molar-refractivity contribution in [2.75, 3.05) is 18.5 Å². The highest BCUT2D eigenvalue weighted by atomic mass is 19.4. The fraction of sp³-hybridized carbons (Fsp3) is 0.500. The van der Waals surface area contributed by atoms with Gasteiger partial charge in [-0.2, -0.15) is 13.2 Å². The molecule has 1 aliphatic carbocycles. The minimum absolute atomic E-state index is 0.112. The molecule has 0 atom stereocenters. The van der Waals surface area contributed by atoms with Crippen LogP contribution in [0.2, 0.25) is 0 Å². The monoisotopic (exact) mass is 302 g/mol. The van der Waals surface area contributed by atoms with Crippen LogP contribution in [0.4, 0.5) is 18.9 Å². The number of alkyl halides is 3. The standard InChI is InChI=1S/C14H17F3N2O2/c15-14(16,17)9-21-12-5-3-11(4-6-12)19-13(20)7-8-18-10-1-2-10/h3-6,10,18H,1-2,7-9H2,(H,19,20). The lowest BCUT2D eigenvalue weighted by Crippen LogP contribution is -2.23. The summed E-state index contributed by atoms with van der Waals surface area (Å²) in [5.74, 6) is -0.0205. The van der Waals surface area contributed by atoms with Gasteiger partial charge in [0.15, 0.2) is 6.61 Å². The average molecular weight is 302 g/mol. The molecule has 7 heteroatoms.